The van der Waals surface area contributed by atoms with Crippen LogP contribution in [0.1, 0.15) is 0 Å². The van der Waals surface area contributed by atoms with Gasteiger partial charge in [0, 0.05) is 4.90 Å². The van der Waals surface area contributed by atoms with E-state index in [1.54, 1.807) is 18.2 Å². The molecule has 0 bridgehead atoms. The summed E-state index contributed by atoms with van der Waals surface area (Å²) in [6.45, 7) is 0. The van der Waals surface area contributed by atoms with Gasteiger partial charge in [-0.3, -0.25) is 0 Å². The molecule has 90 valence electrons. The first-order valence-corrected chi connectivity index (χ1v) is 7.69. The quantitative estimate of drug-likeness (QED) is 0.945. The molecular formula is C10H8FNO2S3. The van der Waals surface area contributed by atoms with Crippen molar-refractivity contribution in [2.75, 3.05) is 0 Å². The van der Waals surface area contributed by atoms with Gasteiger partial charge < -0.3 is 0 Å². The first kappa shape index (κ1) is 12.6. The second-order valence-electron chi connectivity index (χ2n) is 3.17. The summed E-state index contributed by atoms with van der Waals surface area (Å²) >= 11 is 2.46. The number of nitrogens with two attached hydrogens (primary N) is 1. The lowest BCUT2D eigenvalue weighted by atomic mass is 10.4. The van der Waals surface area contributed by atoms with Crippen molar-refractivity contribution in [2.24, 2.45) is 5.14 Å². The summed E-state index contributed by atoms with van der Waals surface area (Å²) in [6, 6.07) is 9.13. The van der Waals surface area contributed by atoms with Gasteiger partial charge in [-0.05, 0) is 36.4 Å². The van der Waals surface area contributed by atoms with Crippen molar-refractivity contribution in [1.29, 1.82) is 0 Å². The van der Waals surface area contributed by atoms with E-state index in [-0.39, 0.29) is 10.0 Å². The second kappa shape index (κ2) is 4.77. The number of thiophene rings is 1. The highest BCUT2D eigenvalue weighted by atomic mass is 32.3. The van der Waals surface area contributed by atoms with Crippen LogP contribution in [-0.4, -0.2) is 8.42 Å². The van der Waals surface area contributed by atoms with Crippen molar-refractivity contribution in [3.05, 3.63) is 42.2 Å². The normalized spacial score (nSPS) is 11.6. The molecule has 2 aromatic rings. The summed E-state index contributed by atoms with van der Waals surface area (Å²) in [6.07, 6.45) is 0. The maximum absolute atomic E-state index is 12.7. The fourth-order valence-electron chi connectivity index (χ4n) is 1.13. The van der Waals surface area contributed by atoms with E-state index in [2.05, 4.69) is 0 Å². The van der Waals surface area contributed by atoms with Gasteiger partial charge in [-0.1, -0.05) is 11.8 Å². The predicted octanol–water partition coefficient (Wildman–Crippen LogP) is 2.69. The summed E-state index contributed by atoms with van der Waals surface area (Å²) in [4.78, 5) is 0.842. The van der Waals surface area contributed by atoms with Crippen LogP contribution in [0.25, 0.3) is 0 Å². The zero-order chi connectivity index (χ0) is 12.5. The Bertz CT molecular complexity index is 619. The zero-order valence-corrected chi connectivity index (χ0v) is 10.9. The monoisotopic (exact) mass is 289 g/mol. The third-order valence-electron chi connectivity index (χ3n) is 1.87. The van der Waals surface area contributed by atoms with E-state index in [1.165, 1.54) is 30.0 Å². The summed E-state index contributed by atoms with van der Waals surface area (Å²) < 4.78 is 35.7. The smallest absolute Gasteiger partial charge is 0.224 e. The first-order chi connectivity index (χ1) is 7.95. The lowest BCUT2D eigenvalue weighted by Gasteiger charge is -1.97. The van der Waals surface area contributed by atoms with Crippen molar-refractivity contribution >= 4 is 33.1 Å². The number of hydrogen-bond donors (Lipinski definition) is 1. The Morgan fingerprint density at radius 2 is 1.76 bits per heavy atom. The lowest BCUT2D eigenvalue weighted by molar-refractivity contribution is 0.600. The standard InChI is InChI=1S/C10H8FNO2S3/c11-7-1-3-8(4-2-7)15-9-5-6-10(16-9)17(12,13)14/h1-6H,(H2,12,13,14). The molecule has 0 amide bonds. The molecule has 0 radical (unpaired) electrons. The van der Waals surface area contributed by atoms with Crippen LogP contribution in [0.5, 0.6) is 0 Å². The molecule has 2 N–H and O–H groups in total. The van der Waals surface area contributed by atoms with Crippen LogP contribution < -0.4 is 5.14 Å². The molecule has 1 heterocycles. The number of halogens is 1. The van der Waals surface area contributed by atoms with Gasteiger partial charge in [-0.2, -0.15) is 0 Å². The van der Waals surface area contributed by atoms with Crippen molar-refractivity contribution in [2.45, 2.75) is 13.3 Å². The number of hydrogen-bond acceptors (Lipinski definition) is 4. The van der Waals surface area contributed by atoms with Crippen LogP contribution in [0, 0.1) is 5.82 Å². The molecule has 0 unspecified atom stereocenters. The largest absolute Gasteiger partial charge is 0.247 e. The highest BCUT2D eigenvalue weighted by Crippen LogP contribution is 2.34. The number of primary sulfonamides is 1. The summed E-state index contributed by atoms with van der Waals surface area (Å²) in [5.74, 6) is -0.300. The first-order valence-electron chi connectivity index (χ1n) is 4.51. The maximum Gasteiger partial charge on any atom is 0.247 e. The van der Waals surface area contributed by atoms with Crippen LogP contribution in [0.2, 0.25) is 0 Å². The minimum Gasteiger partial charge on any atom is -0.224 e. The van der Waals surface area contributed by atoms with Gasteiger partial charge >= 0.3 is 0 Å². The maximum atomic E-state index is 12.7. The van der Waals surface area contributed by atoms with Gasteiger partial charge in [-0.25, -0.2) is 17.9 Å². The van der Waals surface area contributed by atoms with E-state index >= 15 is 0 Å². The van der Waals surface area contributed by atoms with E-state index in [4.69, 9.17) is 5.14 Å². The van der Waals surface area contributed by atoms with E-state index in [0.29, 0.717) is 0 Å². The predicted molar refractivity (Wildman–Crippen MR) is 66.2 cm³/mol. The summed E-state index contributed by atoms with van der Waals surface area (Å²) in [5.41, 5.74) is 0. The van der Waals surface area contributed by atoms with Crippen LogP contribution in [0.3, 0.4) is 0 Å². The molecular weight excluding hydrogens is 281 g/mol. The number of sulfonamides is 1. The SMILES string of the molecule is NS(=O)(=O)c1ccc(Sc2ccc(F)cc2)s1. The molecule has 1 aromatic carbocycles. The van der Waals surface area contributed by atoms with E-state index in [1.807, 2.05) is 0 Å². The van der Waals surface area contributed by atoms with Crippen molar-refractivity contribution < 1.29 is 12.8 Å². The third-order valence-corrected chi connectivity index (χ3v) is 5.53. The van der Waals surface area contributed by atoms with Crippen molar-refractivity contribution in [3.8, 4) is 0 Å². The van der Waals surface area contributed by atoms with Crippen LogP contribution in [-0.2, 0) is 10.0 Å². The minimum absolute atomic E-state index is 0.127. The van der Waals surface area contributed by atoms with Crippen LogP contribution in [0.15, 0.2) is 49.7 Å². The molecule has 0 saturated heterocycles. The molecule has 0 aliphatic heterocycles. The molecule has 17 heavy (non-hydrogen) atoms. The Morgan fingerprint density at radius 1 is 1.12 bits per heavy atom. The van der Waals surface area contributed by atoms with E-state index in [9.17, 15) is 12.8 Å². The molecule has 0 atom stereocenters. The van der Waals surface area contributed by atoms with Gasteiger partial charge in [-0.15, -0.1) is 11.3 Å². The number of rotatable bonds is 3. The third kappa shape index (κ3) is 3.29. The molecule has 0 fully saturated rings. The van der Waals surface area contributed by atoms with E-state index < -0.39 is 10.0 Å². The Hall–Kier alpha value is -0.890. The molecule has 0 saturated carbocycles. The van der Waals surface area contributed by atoms with E-state index in [0.717, 1.165) is 20.4 Å². The topological polar surface area (TPSA) is 60.2 Å². The molecule has 0 aliphatic rings. The molecule has 0 spiro atoms. The van der Waals surface area contributed by atoms with Crippen molar-refractivity contribution in [1.82, 2.24) is 0 Å². The Labute approximate surface area is 107 Å². The highest BCUT2D eigenvalue weighted by Gasteiger charge is 2.11. The Balaban J connectivity index is 2.20. The fourth-order valence-corrected chi connectivity index (χ4v) is 4.12. The molecule has 0 aliphatic carbocycles. The van der Waals surface area contributed by atoms with Gasteiger partial charge in [0.1, 0.15) is 10.0 Å². The second-order valence-corrected chi connectivity index (χ2v) is 7.42. The molecule has 1 aromatic heterocycles. The average molecular weight is 289 g/mol. The molecule has 3 nitrogen and oxygen atoms in total. The van der Waals surface area contributed by atoms with Gasteiger partial charge in [0.2, 0.25) is 10.0 Å². The summed E-state index contributed by atoms with van der Waals surface area (Å²) in [5, 5.41) is 5.01. The minimum atomic E-state index is -3.64. The average Bonchev–Trinajstić information content (AvgIpc) is 2.69. The lowest BCUT2D eigenvalue weighted by Crippen LogP contribution is -2.09. The molecule has 2 rings (SSSR count). The fraction of sp³-hybridized carbons (Fsp3) is 0. The highest BCUT2D eigenvalue weighted by molar-refractivity contribution is 8.01. The number of benzene rings is 1. The van der Waals surface area contributed by atoms with Crippen molar-refractivity contribution in [3.63, 3.8) is 0 Å². The van der Waals surface area contributed by atoms with Gasteiger partial charge in [0.25, 0.3) is 0 Å². The Morgan fingerprint density at radius 3 is 2.29 bits per heavy atom. The van der Waals surface area contributed by atoms with Crippen LogP contribution in [0.4, 0.5) is 4.39 Å². The van der Waals surface area contributed by atoms with Crippen LogP contribution >= 0.6 is 23.1 Å². The zero-order valence-electron chi connectivity index (χ0n) is 8.46. The summed E-state index contributed by atoms with van der Waals surface area (Å²) in [7, 11) is -3.64. The van der Waals surface area contributed by atoms with Gasteiger partial charge in [0.15, 0.2) is 0 Å². The van der Waals surface area contributed by atoms with Gasteiger partial charge in [0.05, 0.1) is 4.21 Å². The molecule has 7 heteroatoms. The Kier molecular flexibility index (Phi) is 3.53.